The summed E-state index contributed by atoms with van der Waals surface area (Å²) in [6.45, 7) is 0. The van der Waals surface area contributed by atoms with Crippen LogP contribution in [0.2, 0.25) is 0 Å². The fourth-order valence-electron chi connectivity index (χ4n) is 3.19. The van der Waals surface area contributed by atoms with Gasteiger partial charge in [-0.1, -0.05) is 18.0 Å². The van der Waals surface area contributed by atoms with Gasteiger partial charge in [-0.3, -0.25) is 13.6 Å². The van der Waals surface area contributed by atoms with Gasteiger partial charge in [0.25, 0.3) is 5.56 Å². The normalized spacial score (nSPS) is 16.7. The van der Waals surface area contributed by atoms with Crippen molar-refractivity contribution in [2.45, 2.75) is 36.9 Å². The molecule has 0 N–H and O–H groups in total. The molecule has 0 bridgehead atoms. The summed E-state index contributed by atoms with van der Waals surface area (Å²) >= 11 is 0. The van der Waals surface area contributed by atoms with E-state index in [0.29, 0.717) is 16.6 Å². The fraction of sp³-hybridized carbons (Fsp3) is 0.400. The third-order valence-corrected chi connectivity index (χ3v) is 5.01. The molecule has 0 aromatic carbocycles. The lowest BCUT2D eigenvalue weighted by Crippen LogP contribution is -2.26. The molecule has 1 aliphatic rings. The first-order chi connectivity index (χ1) is 11.6. The molecule has 0 amide bonds. The summed E-state index contributed by atoms with van der Waals surface area (Å²) in [5.74, 6) is 0.247. The standard InChI is InChI=1S/C15H15N5O3S/c1-24(22)15-16-7-9-6-11(12-17-8-23-19-12)14(21)20(13(9)18-15)10-4-2-3-5-10/h6-8,10H,2-5H2,1H3. The van der Waals surface area contributed by atoms with Crippen molar-refractivity contribution in [3.05, 3.63) is 29.0 Å². The molecule has 24 heavy (non-hydrogen) atoms. The van der Waals surface area contributed by atoms with Crippen LogP contribution in [-0.2, 0) is 10.8 Å². The molecular weight excluding hydrogens is 330 g/mol. The maximum atomic E-state index is 13.1. The number of aromatic nitrogens is 5. The van der Waals surface area contributed by atoms with Crippen LogP contribution in [0.4, 0.5) is 0 Å². The highest BCUT2D eigenvalue weighted by atomic mass is 32.2. The summed E-state index contributed by atoms with van der Waals surface area (Å²) in [5, 5.41) is 4.69. The van der Waals surface area contributed by atoms with Gasteiger partial charge in [0.1, 0.15) is 5.65 Å². The minimum atomic E-state index is -1.31. The van der Waals surface area contributed by atoms with Crippen LogP contribution >= 0.6 is 0 Å². The van der Waals surface area contributed by atoms with Gasteiger partial charge in [0.2, 0.25) is 17.4 Å². The van der Waals surface area contributed by atoms with Gasteiger partial charge in [0, 0.05) is 23.9 Å². The molecule has 0 radical (unpaired) electrons. The van der Waals surface area contributed by atoms with Crippen molar-refractivity contribution in [3.8, 4) is 11.4 Å². The number of pyridine rings is 1. The van der Waals surface area contributed by atoms with Crippen LogP contribution < -0.4 is 5.56 Å². The van der Waals surface area contributed by atoms with Gasteiger partial charge >= 0.3 is 0 Å². The summed E-state index contributed by atoms with van der Waals surface area (Å²) in [4.78, 5) is 25.6. The van der Waals surface area contributed by atoms with Crippen LogP contribution in [-0.4, -0.2) is 35.1 Å². The first-order valence-electron chi connectivity index (χ1n) is 7.67. The van der Waals surface area contributed by atoms with Crippen LogP contribution in [0.3, 0.4) is 0 Å². The van der Waals surface area contributed by atoms with Gasteiger partial charge in [0.05, 0.1) is 16.4 Å². The summed E-state index contributed by atoms with van der Waals surface area (Å²) in [5.41, 5.74) is 0.666. The van der Waals surface area contributed by atoms with Crippen LogP contribution in [0.15, 0.2) is 33.1 Å². The molecule has 9 heteroatoms. The second-order valence-corrected chi connectivity index (χ2v) is 7.09. The van der Waals surface area contributed by atoms with E-state index in [1.54, 1.807) is 16.8 Å². The molecule has 0 saturated heterocycles. The first-order valence-corrected chi connectivity index (χ1v) is 9.23. The minimum absolute atomic E-state index is 0.0693. The van der Waals surface area contributed by atoms with E-state index in [2.05, 4.69) is 20.1 Å². The zero-order chi connectivity index (χ0) is 16.7. The highest BCUT2D eigenvalue weighted by Gasteiger charge is 2.24. The molecule has 4 rings (SSSR count). The SMILES string of the molecule is CS(=O)c1ncc2cc(-c3ncon3)c(=O)n(C3CCCC3)c2n1. The smallest absolute Gasteiger partial charge is 0.263 e. The molecule has 1 atom stereocenters. The molecule has 124 valence electrons. The average Bonchev–Trinajstić information content (AvgIpc) is 3.27. The Morgan fingerprint density at radius 3 is 2.75 bits per heavy atom. The number of nitrogens with zero attached hydrogens (tertiary/aromatic N) is 5. The lowest BCUT2D eigenvalue weighted by molar-refractivity contribution is 0.418. The zero-order valence-electron chi connectivity index (χ0n) is 13.0. The fourth-order valence-corrected chi connectivity index (χ4v) is 3.61. The van der Waals surface area contributed by atoms with Crippen LogP contribution in [0, 0.1) is 0 Å². The summed E-state index contributed by atoms with van der Waals surface area (Å²) < 4.78 is 18.2. The van der Waals surface area contributed by atoms with E-state index in [4.69, 9.17) is 4.52 Å². The first kappa shape index (κ1) is 15.1. The highest BCUT2D eigenvalue weighted by molar-refractivity contribution is 7.84. The second kappa shape index (κ2) is 5.90. The Balaban J connectivity index is 2.04. The van der Waals surface area contributed by atoms with E-state index in [0.717, 1.165) is 25.7 Å². The minimum Gasteiger partial charge on any atom is -0.342 e. The molecule has 8 nitrogen and oxygen atoms in total. The van der Waals surface area contributed by atoms with E-state index in [-0.39, 0.29) is 22.6 Å². The van der Waals surface area contributed by atoms with E-state index in [9.17, 15) is 9.00 Å². The predicted molar refractivity (Wildman–Crippen MR) is 86.9 cm³/mol. The molecule has 3 aromatic heterocycles. The maximum Gasteiger partial charge on any atom is 0.263 e. The summed E-state index contributed by atoms with van der Waals surface area (Å²) in [6.07, 6.45) is 8.28. The largest absolute Gasteiger partial charge is 0.342 e. The summed E-state index contributed by atoms with van der Waals surface area (Å²) in [6, 6.07) is 1.73. The van der Waals surface area contributed by atoms with Crippen molar-refractivity contribution in [2.75, 3.05) is 6.26 Å². The van der Waals surface area contributed by atoms with Crippen molar-refractivity contribution in [3.63, 3.8) is 0 Å². The number of fused-ring (bicyclic) bond motifs is 1. The number of hydrogen-bond donors (Lipinski definition) is 0. The molecule has 1 saturated carbocycles. The Labute approximate surface area is 139 Å². The Hall–Kier alpha value is -2.42. The van der Waals surface area contributed by atoms with E-state index >= 15 is 0 Å². The predicted octanol–water partition coefficient (Wildman–Crippen LogP) is 1.69. The van der Waals surface area contributed by atoms with E-state index in [1.165, 1.54) is 12.6 Å². The van der Waals surface area contributed by atoms with Gasteiger partial charge in [0.15, 0.2) is 0 Å². The molecular formula is C15H15N5O3S. The third kappa shape index (κ3) is 2.44. The van der Waals surface area contributed by atoms with Gasteiger partial charge in [-0.05, 0) is 18.9 Å². The Morgan fingerprint density at radius 1 is 1.29 bits per heavy atom. The Kier molecular flexibility index (Phi) is 3.72. The Morgan fingerprint density at radius 2 is 2.08 bits per heavy atom. The second-order valence-electron chi connectivity index (χ2n) is 5.81. The van der Waals surface area contributed by atoms with Gasteiger partial charge in [-0.2, -0.15) is 4.98 Å². The highest BCUT2D eigenvalue weighted by Crippen LogP contribution is 2.31. The Bertz CT molecular complexity index is 977. The van der Waals surface area contributed by atoms with Crippen LogP contribution in [0.25, 0.3) is 22.4 Å². The van der Waals surface area contributed by atoms with Crippen molar-refractivity contribution in [2.24, 2.45) is 0 Å². The lowest BCUT2D eigenvalue weighted by Gasteiger charge is -2.17. The monoisotopic (exact) mass is 345 g/mol. The van der Waals surface area contributed by atoms with Gasteiger partial charge < -0.3 is 4.52 Å². The molecule has 3 aromatic rings. The molecule has 3 heterocycles. The average molecular weight is 345 g/mol. The van der Waals surface area contributed by atoms with Crippen molar-refractivity contribution >= 4 is 21.8 Å². The van der Waals surface area contributed by atoms with E-state index in [1.807, 2.05) is 0 Å². The van der Waals surface area contributed by atoms with Crippen LogP contribution in [0.5, 0.6) is 0 Å². The quantitative estimate of drug-likeness (QED) is 0.665. The van der Waals surface area contributed by atoms with Crippen molar-refractivity contribution in [1.29, 1.82) is 0 Å². The van der Waals surface area contributed by atoms with Crippen molar-refractivity contribution in [1.82, 2.24) is 24.7 Å². The van der Waals surface area contributed by atoms with Crippen molar-refractivity contribution < 1.29 is 8.73 Å². The topological polar surface area (TPSA) is 104 Å². The number of hydrogen-bond acceptors (Lipinski definition) is 7. The summed E-state index contributed by atoms with van der Waals surface area (Å²) in [7, 11) is -1.31. The third-order valence-electron chi connectivity index (χ3n) is 4.30. The molecule has 1 fully saturated rings. The number of rotatable bonds is 3. The van der Waals surface area contributed by atoms with Gasteiger partial charge in [-0.15, -0.1) is 0 Å². The van der Waals surface area contributed by atoms with Crippen LogP contribution in [0.1, 0.15) is 31.7 Å². The molecule has 0 spiro atoms. The lowest BCUT2D eigenvalue weighted by atomic mass is 10.1. The zero-order valence-corrected chi connectivity index (χ0v) is 13.8. The molecule has 1 aliphatic carbocycles. The maximum absolute atomic E-state index is 13.1. The van der Waals surface area contributed by atoms with E-state index < -0.39 is 10.8 Å². The molecule has 0 aliphatic heterocycles. The molecule has 1 unspecified atom stereocenters. The van der Waals surface area contributed by atoms with Gasteiger partial charge in [-0.25, -0.2) is 9.97 Å².